The number of hydrogen-bond acceptors (Lipinski definition) is 1. The van der Waals surface area contributed by atoms with E-state index in [1.54, 1.807) is 0 Å². The fraction of sp³-hybridized carbons (Fsp3) is 0.900. The van der Waals surface area contributed by atoms with E-state index in [1.807, 2.05) is 0 Å². The van der Waals surface area contributed by atoms with Gasteiger partial charge < -0.3 is 5.32 Å². The van der Waals surface area contributed by atoms with Crippen LogP contribution in [0.15, 0.2) is 0 Å². The second kappa shape index (κ2) is 2.48. The normalized spacial score (nSPS) is 47.0. The Bertz CT molecular complexity index is 214. The maximum Gasteiger partial charge on any atom is 0.220 e. The summed E-state index contributed by atoms with van der Waals surface area (Å²) in [6.45, 7) is 4.45. The molecule has 2 nitrogen and oxygen atoms in total. The molecule has 2 heteroatoms. The van der Waals surface area contributed by atoms with Gasteiger partial charge in [0.2, 0.25) is 5.91 Å². The molecule has 0 bridgehead atoms. The molecule has 1 saturated heterocycles. The Morgan fingerprint density at radius 2 is 2.25 bits per heavy atom. The van der Waals surface area contributed by atoms with Gasteiger partial charge in [-0.3, -0.25) is 4.79 Å². The third-order valence-corrected chi connectivity index (χ3v) is 3.70. The van der Waals surface area contributed by atoms with Crippen molar-refractivity contribution in [2.45, 2.75) is 45.6 Å². The summed E-state index contributed by atoms with van der Waals surface area (Å²) in [5.74, 6) is 1.08. The maximum absolute atomic E-state index is 11.2. The Morgan fingerprint density at radius 3 is 2.67 bits per heavy atom. The number of rotatable bonds is 0. The van der Waals surface area contributed by atoms with Gasteiger partial charge in [0.1, 0.15) is 0 Å². The molecule has 0 aromatic heterocycles. The van der Waals surface area contributed by atoms with Crippen LogP contribution in [0, 0.1) is 11.3 Å². The zero-order valence-electron chi connectivity index (χ0n) is 7.89. The van der Waals surface area contributed by atoms with Gasteiger partial charge in [-0.1, -0.05) is 13.3 Å². The van der Waals surface area contributed by atoms with E-state index in [1.165, 1.54) is 19.3 Å². The molecule has 1 aliphatic carbocycles. The molecule has 2 aliphatic rings. The Morgan fingerprint density at radius 1 is 1.50 bits per heavy atom. The molecule has 1 N–H and O–H groups in total. The van der Waals surface area contributed by atoms with Gasteiger partial charge >= 0.3 is 0 Å². The fourth-order valence-corrected chi connectivity index (χ4v) is 2.90. The lowest BCUT2D eigenvalue weighted by molar-refractivity contribution is -0.119. The molecular weight excluding hydrogens is 150 g/mol. The van der Waals surface area contributed by atoms with E-state index in [4.69, 9.17) is 0 Å². The van der Waals surface area contributed by atoms with Crippen LogP contribution in [0.1, 0.15) is 39.5 Å². The molecule has 1 amide bonds. The van der Waals surface area contributed by atoms with Crippen molar-refractivity contribution in [3.05, 3.63) is 0 Å². The van der Waals surface area contributed by atoms with Gasteiger partial charge in [-0.05, 0) is 31.1 Å². The number of hydrogen-bond donors (Lipinski definition) is 1. The van der Waals surface area contributed by atoms with Crippen LogP contribution >= 0.6 is 0 Å². The maximum atomic E-state index is 11.2. The molecule has 2 rings (SSSR count). The lowest BCUT2D eigenvalue weighted by Gasteiger charge is -2.26. The zero-order chi connectivity index (χ0) is 8.77. The zero-order valence-corrected chi connectivity index (χ0v) is 7.89. The topological polar surface area (TPSA) is 29.1 Å². The smallest absolute Gasteiger partial charge is 0.220 e. The van der Waals surface area contributed by atoms with E-state index in [9.17, 15) is 4.79 Å². The summed E-state index contributed by atoms with van der Waals surface area (Å²) in [4.78, 5) is 11.2. The highest BCUT2D eigenvalue weighted by molar-refractivity contribution is 5.80. The predicted octanol–water partition coefficient (Wildman–Crippen LogP) is 1.70. The predicted molar refractivity (Wildman–Crippen MR) is 47.7 cm³/mol. The van der Waals surface area contributed by atoms with E-state index in [0.29, 0.717) is 11.5 Å². The largest absolute Gasteiger partial charge is 0.353 e. The molecule has 0 aromatic carbocycles. The number of nitrogens with one attached hydrogen (secondary N) is 1. The number of carbonyl (C=O) groups excluding carboxylic acids is 1. The van der Waals surface area contributed by atoms with Crippen molar-refractivity contribution >= 4 is 5.91 Å². The lowest BCUT2D eigenvalue weighted by atomic mass is 9.79. The second-order valence-corrected chi connectivity index (χ2v) is 4.68. The van der Waals surface area contributed by atoms with Gasteiger partial charge in [0.05, 0.1) is 0 Å². The summed E-state index contributed by atoms with van der Waals surface area (Å²) in [7, 11) is 0. The first-order valence-electron chi connectivity index (χ1n) is 4.92. The van der Waals surface area contributed by atoms with Crippen molar-refractivity contribution in [1.29, 1.82) is 0 Å². The molecule has 1 aliphatic heterocycles. The average Bonchev–Trinajstić information content (AvgIpc) is 2.43. The highest BCUT2D eigenvalue weighted by atomic mass is 16.2. The minimum atomic E-state index is 0.261. The van der Waals surface area contributed by atoms with Gasteiger partial charge in [0.25, 0.3) is 0 Å². The molecule has 12 heavy (non-hydrogen) atoms. The highest BCUT2D eigenvalue weighted by Gasteiger charge is 2.47. The number of carbonyl (C=O) groups is 1. The first kappa shape index (κ1) is 8.09. The van der Waals surface area contributed by atoms with Crippen LogP contribution in [0.25, 0.3) is 0 Å². The van der Waals surface area contributed by atoms with Crippen LogP contribution in [0.2, 0.25) is 0 Å². The Labute approximate surface area is 73.7 Å². The standard InChI is InChI=1S/C10H17NO/c1-7-3-4-10(5-7)6-9(12)11-8(10)2/h7-8H,3-6H2,1-2H3,(H,11,12). The molecule has 1 saturated carbocycles. The lowest BCUT2D eigenvalue weighted by Crippen LogP contribution is -2.32. The van der Waals surface area contributed by atoms with Crippen LogP contribution in [-0.2, 0) is 4.79 Å². The van der Waals surface area contributed by atoms with Crippen molar-refractivity contribution < 1.29 is 4.79 Å². The first-order valence-corrected chi connectivity index (χ1v) is 4.92. The van der Waals surface area contributed by atoms with Gasteiger partial charge in [-0.25, -0.2) is 0 Å². The molecule has 68 valence electrons. The Kier molecular flexibility index (Phi) is 1.67. The van der Waals surface area contributed by atoms with E-state index >= 15 is 0 Å². The van der Waals surface area contributed by atoms with Gasteiger partial charge in [0, 0.05) is 12.5 Å². The van der Waals surface area contributed by atoms with Crippen LogP contribution in [0.5, 0.6) is 0 Å². The SMILES string of the molecule is CC1CCC2(CC(=O)NC2C)C1. The quantitative estimate of drug-likeness (QED) is 0.584. The minimum Gasteiger partial charge on any atom is -0.353 e. The summed E-state index contributed by atoms with van der Waals surface area (Å²) < 4.78 is 0. The third kappa shape index (κ3) is 1.05. The minimum absolute atomic E-state index is 0.261. The molecule has 2 fully saturated rings. The Hall–Kier alpha value is -0.530. The van der Waals surface area contributed by atoms with Crippen LogP contribution < -0.4 is 5.32 Å². The first-order chi connectivity index (χ1) is 5.62. The summed E-state index contributed by atoms with van der Waals surface area (Å²) in [5, 5.41) is 3.03. The van der Waals surface area contributed by atoms with Crippen molar-refractivity contribution in [3.63, 3.8) is 0 Å². The van der Waals surface area contributed by atoms with Crippen LogP contribution in [-0.4, -0.2) is 11.9 Å². The van der Waals surface area contributed by atoms with E-state index in [2.05, 4.69) is 19.2 Å². The van der Waals surface area contributed by atoms with Crippen molar-refractivity contribution in [1.82, 2.24) is 5.32 Å². The monoisotopic (exact) mass is 167 g/mol. The van der Waals surface area contributed by atoms with E-state index in [-0.39, 0.29) is 5.91 Å². The summed E-state index contributed by atoms with van der Waals surface area (Å²) in [6.07, 6.45) is 4.57. The van der Waals surface area contributed by atoms with Gasteiger partial charge in [-0.15, -0.1) is 0 Å². The second-order valence-electron chi connectivity index (χ2n) is 4.68. The molecule has 0 radical (unpaired) electrons. The summed E-state index contributed by atoms with van der Waals surface area (Å²) in [6, 6.07) is 0.412. The van der Waals surface area contributed by atoms with E-state index in [0.717, 1.165) is 12.3 Å². The van der Waals surface area contributed by atoms with Crippen molar-refractivity contribution in [3.8, 4) is 0 Å². The molecule has 1 heterocycles. The van der Waals surface area contributed by atoms with Crippen molar-refractivity contribution in [2.75, 3.05) is 0 Å². The third-order valence-electron chi connectivity index (χ3n) is 3.70. The summed E-state index contributed by atoms with van der Waals surface area (Å²) >= 11 is 0. The van der Waals surface area contributed by atoms with E-state index < -0.39 is 0 Å². The fourth-order valence-electron chi connectivity index (χ4n) is 2.90. The molecule has 3 atom stereocenters. The molecule has 1 spiro atoms. The van der Waals surface area contributed by atoms with Gasteiger partial charge in [0.15, 0.2) is 0 Å². The number of amides is 1. The van der Waals surface area contributed by atoms with Crippen LogP contribution in [0.3, 0.4) is 0 Å². The molecule has 3 unspecified atom stereocenters. The highest BCUT2D eigenvalue weighted by Crippen LogP contribution is 2.49. The van der Waals surface area contributed by atoms with Crippen molar-refractivity contribution in [2.24, 2.45) is 11.3 Å². The molecule has 0 aromatic rings. The average molecular weight is 167 g/mol. The summed E-state index contributed by atoms with van der Waals surface area (Å²) in [5.41, 5.74) is 0.330. The Balaban J connectivity index is 2.16. The van der Waals surface area contributed by atoms with Gasteiger partial charge in [-0.2, -0.15) is 0 Å². The van der Waals surface area contributed by atoms with Crippen LogP contribution in [0.4, 0.5) is 0 Å². The molecular formula is C10H17NO.